The summed E-state index contributed by atoms with van der Waals surface area (Å²) in [7, 11) is 0. The molecule has 1 heterocycles. The van der Waals surface area contributed by atoms with Gasteiger partial charge in [-0.3, -0.25) is 4.90 Å². The van der Waals surface area contributed by atoms with Crippen LogP contribution >= 0.6 is 23.2 Å². The zero-order valence-corrected chi connectivity index (χ0v) is 12.1. The monoisotopic (exact) mass is 301 g/mol. The first kappa shape index (κ1) is 13.5. The van der Waals surface area contributed by atoms with Crippen molar-refractivity contribution in [1.29, 1.82) is 0 Å². The van der Waals surface area contributed by atoms with Crippen LogP contribution in [0.25, 0.3) is 0 Å². The van der Waals surface area contributed by atoms with Crippen LogP contribution < -0.4 is 0 Å². The highest BCUT2D eigenvalue weighted by Gasteiger charge is 2.36. The Labute approximate surface area is 123 Å². The summed E-state index contributed by atoms with van der Waals surface area (Å²) in [6.45, 7) is 2.33. The third-order valence-corrected chi connectivity index (χ3v) is 4.58. The summed E-state index contributed by atoms with van der Waals surface area (Å²) in [4.78, 5) is 2.38. The molecule has 0 spiro atoms. The average molecular weight is 302 g/mol. The first-order valence-corrected chi connectivity index (χ1v) is 7.43. The van der Waals surface area contributed by atoms with Crippen molar-refractivity contribution in [2.45, 2.75) is 38.0 Å². The molecule has 19 heavy (non-hydrogen) atoms. The van der Waals surface area contributed by atoms with Crippen LogP contribution in [0, 0.1) is 0 Å². The molecule has 5 heteroatoms. The summed E-state index contributed by atoms with van der Waals surface area (Å²) in [5.41, 5.74) is 0.796. The number of rotatable bonds is 2. The number of aromatic hydroxyl groups is 1. The number of nitrogens with zero attached hydrogens (tertiary/aromatic N) is 1. The van der Waals surface area contributed by atoms with Gasteiger partial charge in [-0.2, -0.15) is 0 Å². The van der Waals surface area contributed by atoms with Gasteiger partial charge in [0.15, 0.2) is 0 Å². The Bertz CT molecular complexity index is 481. The van der Waals surface area contributed by atoms with Crippen molar-refractivity contribution in [3.63, 3.8) is 0 Å². The first-order valence-electron chi connectivity index (χ1n) is 6.67. The molecule has 2 atom stereocenters. The quantitative estimate of drug-likeness (QED) is 0.908. The van der Waals surface area contributed by atoms with Crippen LogP contribution in [-0.4, -0.2) is 35.3 Å². The Kier molecular flexibility index (Phi) is 3.90. The summed E-state index contributed by atoms with van der Waals surface area (Å²) in [5, 5.41) is 10.9. The van der Waals surface area contributed by atoms with Gasteiger partial charge in [-0.15, -0.1) is 0 Å². The number of fused-ring (bicyclic) bond motifs is 1. The number of ether oxygens (including phenoxy) is 1. The fourth-order valence-corrected chi connectivity index (χ4v) is 3.70. The van der Waals surface area contributed by atoms with E-state index in [9.17, 15) is 5.11 Å². The van der Waals surface area contributed by atoms with Crippen molar-refractivity contribution in [2.24, 2.45) is 0 Å². The van der Waals surface area contributed by atoms with Crippen LogP contribution in [0.3, 0.4) is 0 Å². The minimum atomic E-state index is 0.145. The molecule has 0 radical (unpaired) electrons. The van der Waals surface area contributed by atoms with Gasteiger partial charge in [0.1, 0.15) is 5.75 Å². The standard InChI is InChI=1S/C14H17Cl2NO2/c15-10-6-9(14(18)11(16)7-10)8-17-4-5-19-13-3-1-2-12(13)17/h6-7,12-13,18H,1-5,8H2. The van der Waals surface area contributed by atoms with E-state index in [2.05, 4.69) is 4.90 Å². The zero-order valence-electron chi connectivity index (χ0n) is 10.6. The van der Waals surface area contributed by atoms with Gasteiger partial charge in [0, 0.05) is 29.7 Å². The fourth-order valence-electron chi connectivity index (χ4n) is 3.16. The van der Waals surface area contributed by atoms with Crippen LogP contribution in [0.4, 0.5) is 0 Å². The highest BCUT2D eigenvalue weighted by molar-refractivity contribution is 6.35. The molecule has 3 rings (SSSR count). The van der Waals surface area contributed by atoms with Crippen molar-refractivity contribution in [3.8, 4) is 5.75 Å². The number of halogens is 2. The third-order valence-electron chi connectivity index (χ3n) is 4.08. The lowest BCUT2D eigenvalue weighted by molar-refractivity contribution is -0.0589. The lowest BCUT2D eigenvalue weighted by Gasteiger charge is -2.37. The van der Waals surface area contributed by atoms with Gasteiger partial charge in [0.05, 0.1) is 17.7 Å². The summed E-state index contributed by atoms with van der Waals surface area (Å²) in [6, 6.07) is 3.83. The van der Waals surface area contributed by atoms with Crippen molar-refractivity contribution in [3.05, 3.63) is 27.7 Å². The molecule has 1 aliphatic carbocycles. The molecular weight excluding hydrogens is 285 g/mol. The second-order valence-corrected chi connectivity index (χ2v) is 6.12. The number of phenolic OH excluding ortho intramolecular Hbond substituents is 1. The van der Waals surface area contributed by atoms with Crippen LogP contribution in [0.2, 0.25) is 10.0 Å². The number of phenols is 1. The van der Waals surface area contributed by atoms with Crippen LogP contribution in [0.15, 0.2) is 12.1 Å². The minimum Gasteiger partial charge on any atom is -0.506 e. The van der Waals surface area contributed by atoms with E-state index in [1.165, 1.54) is 12.8 Å². The molecule has 1 aromatic carbocycles. The van der Waals surface area contributed by atoms with E-state index in [4.69, 9.17) is 27.9 Å². The van der Waals surface area contributed by atoms with Gasteiger partial charge in [-0.05, 0) is 31.4 Å². The van der Waals surface area contributed by atoms with Gasteiger partial charge >= 0.3 is 0 Å². The smallest absolute Gasteiger partial charge is 0.138 e. The second-order valence-electron chi connectivity index (χ2n) is 5.27. The van der Waals surface area contributed by atoms with Gasteiger partial charge in [0.2, 0.25) is 0 Å². The average Bonchev–Trinajstić information content (AvgIpc) is 2.84. The number of hydrogen-bond donors (Lipinski definition) is 1. The van der Waals surface area contributed by atoms with E-state index in [1.54, 1.807) is 12.1 Å². The number of hydrogen-bond acceptors (Lipinski definition) is 3. The minimum absolute atomic E-state index is 0.145. The second kappa shape index (κ2) is 5.49. The lowest BCUT2D eigenvalue weighted by atomic mass is 10.1. The maximum Gasteiger partial charge on any atom is 0.138 e. The molecule has 2 aliphatic rings. The topological polar surface area (TPSA) is 32.7 Å². The molecule has 1 saturated carbocycles. The molecule has 2 fully saturated rings. The van der Waals surface area contributed by atoms with E-state index >= 15 is 0 Å². The molecule has 0 bridgehead atoms. The van der Waals surface area contributed by atoms with Crippen molar-refractivity contribution in [2.75, 3.05) is 13.2 Å². The van der Waals surface area contributed by atoms with Crippen LogP contribution in [0.5, 0.6) is 5.75 Å². The van der Waals surface area contributed by atoms with Crippen molar-refractivity contribution >= 4 is 23.2 Å². The van der Waals surface area contributed by atoms with E-state index in [1.807, 2.05) is 0 Å². The van der Waals surface area contributed by atoms with E-state index in [-0.39, 0.29) is 5.75 Å². The molecule has 3 nitrogen and oxygen atoms in total. The van der Waals surface area contributed by atoms with Crippen LogP contribution in [-0.2, 0) is 11.3 Å². The van der Waals surface area contributed by atoms with E-state index < -0.39 is 0 Å². The fraction of sp³-hybridized carbons (Fsp3) is 0.571. The van der Waals surface area contributed by atoms with Gasteiger partial charge in [-0.25, -0.2) is 0 Å². The summed E-state index contributed by atoms with van der Waals surface area (Å²) in [5.74, 6) is 0.145. The Morgan fingerprint density at radius 3 is 3.00 bits per heavy atom. The largest absolute Gasteiger partial charge is 0.506 e. The summed E-state index contributed by atoms with van der Waals surface area (Å²) >= 11 is 12.0. The normalized spacial score (nSPS) is 27.5. The maximum atomic E-state index is 10.0. The highest BCUT2D eigenvalue weighted by atomic mass is 35.5. The number of morpholine rings is 1. The molecule has 1 aromatic rings. The van der Waals surface area contributed by atoms with Crippen molar-refractivity contribution in [1.82, 2.24) is 4.90 Å². The predicted molar refractivity (Wildman–Crippen MR) is 75.9 cm³/mol. The van der Waals surface area contributed by atoms with E-state index in [0.29, 0.717) is 28.7 Å². The Hall–Kier alpha value is -0.480. The zero-order chi connectivity index (χ0) is 13.4. The molecule has 0 amide bonds. The Morgan fingerprint density at radius 2 is 2.16 bits per heavy atom. The molecule has 1 N–H and O–H groups in total. The number of benzene rings is 1. The maximum absolute atomic E-state index is 10.0. The Balaban J connectivity index is 1.81. The van der Waals surface area contributed by atoms with E-state index in [0.717, 1.165) is 25.1 Å². The van der Waals surface area contributed by atoms with Crippen LogP contribution in [0.1, 0.15) is 24.8 Å². The molecule has 1 aliphatic heterocycles. The molecule has 104 valence electrons. The third kappa shape index (κ3) is 2.70. The summed E-state index contributed by atoms with van der Waals surface area (Å²) in [6.07, 6.45) is 3.88. The highest BCUT2D eigenvalue weighted by Crippen LogP contribution is 2.35. The SMILES string of the molecule is Oc1c(Cl)cc(Cl)cc1CN1CCOC2CCCC21. The lowest BCUT2D eigenvalue weighted by Crippen LogP contribution is -2.47. The molecular formula is C14H17Cl2NO2. The first-order chi connectivity index (χ1) is 9.15. The van der Waals surface area contributed by atoms with Gasteiger partial charge < -0.3 is 9.84 Å². The van der Waals surface area contributed by atoms with Crippen molar-refractivity contribution < 1.29 is 9.84 Å². The van der Waals surface area contributed by atoms with Gasteiger partial charge in [0.25, 0.3) is 0 Å². The molecule has 0 aromatic heterocycles. The predicted octanol–water partition coefficient (Wildman–Crippen LogP) is 3.45. The molecule has 2 unspecified atom stereocenters. The molecule has 1 saturated heterocycles. The summed E-state index contributed by atoms with van der Waals surface area (Å²) < 4.78 is 5.79. The van der Waals surface area contributed by atoms with Gasteiger partial charge in [-0.1, -0.05) is 23.2 Å². The Morgan fingerprint density at radius 1 is 1.32 bits per heavy atom.